The lowest BCUT2D eigenvalue weighted by Gasteiger charge is -2.41. The molecule has 2 heteroatoms. The zero-order valence-electron chi connectivity index (χ0n) is 13.9. The van der Waals surface area contributed by atoms with E-state index in [0.717, 1.165) is 31.4 Å². The van der Waals surface area contributed by atoms with E-state index >= 15 is 0 Å². The van der Waals surface area contributed by atoms with E-state index in [4.69, 9.17) is 0 Å². The summed E-state index contributed by atoms with van der Waals surface area (Å²) >= 11 is 0. The average molecular weight is 311 g/mol. The lowest BCUT2D eigenvalue weighted by Crippen LogP contribution is -2.50. The van der Waals surface area contributed by atoms with Crippen molar-refractivity contribution in [2.75, 3.05) is 0 Å². The van der Waals surface area contributed by atoms with Crippen molar-refractivity contribution in [1.82, 2.24) is 5.32 Å². The van der Waals surface area contributed by atoms with Crippen LogP contribution in [0.1, 0.15) is 43.7 Å². The van der Waals surface area contributed by atoms with Gasteiger partial charge in [0.25, 0.3) is 0 Å². The van der Waals surface area contributed by atoms with Gasteiger partial charge in [0.2, 0.25) is 0 Å². The van der Waals surface area contributed by atoms with Gasteiger partial charge in [-0.2, -0.15) is 0 Å². The zero-order chi connectivity index (χ0) is 16.1. The van der Waals surface area contributed by atoms with Gasteiger partial charge in [0.1, 0.15) is 5.82 Å². The summed E-state index contributed by atoms with van der Waals surface area (Å²) in [5.74, 6) is 0.616. The first-order valence-electron chi connectivity index (χ1n) is 8.69. The normalized spacial score (nSPS) is 24.5. The van der Waals surface area contributed by atoms with Gasteiger partial charge in [0, 0.05) is 12.1 Å². The molecule has 1 fully saturated rings. The van der Waals surface area contributed by atoms with E-state index in [1.54, 1.807) is 12.1 Å². The first-order chi connectivity index (χ1) is 11.2. The maximum absolute atomic E-state index is 14.1. The van der Waals surface area contributed by atoms with Crippen molar-refractivity contribution in [2.45, 2.75) is 51.1 Å². The monoisotopic (exact) mass is 311 g/mol. The van der Waals surface area contributed by atoms with Crippen LogP contribution < -0.4 is 5.32 Å². The summed E-state index contributed by atoms with van der Waals surface area (Å²) in [6, 6.07) is 17.7. The lowest BCUT2D eigenvalue weighted by atomic mass is 9.73. The third kappa shape index (κ3) is 4.20. The zero-order valence-corrected chi connectivity index (χ0v) is 13.9. The number of benzene rings is 2. The van der Waals surface area contributed by atoms with Crippen LogP contribution in [0.15, 0.2) is 54.6 Å². The third-order valence-corrected chi connectivity index (χ3v) is 5.09. The van der Waals surface area contributed by atoms with E-state index in [1.807, 2.05) is 18.2 Å². The Labute approximate surface area is 138 Å². The van der Waals surface area contributed by atoms with Gasteiger partial charge in [0.05, 0.1) is 0 Å². The van der Waals surface area contributed by atoms with E-state index in [-0.39, 0.29) is 11.4 Å². The molecule has 2 aromatic rings. The van der Waals surface area contributed by atoms with Crippen molar-refractivity contribution in [3.05, 3.63) is 71.5 Å². The SMILES string of the molecule is C[C@@H]1CCC[C@](Cc2ccccc2F)(NCc2ccccc2)C1. The summed E-state index contributed by atoms with van der Waals surface area (Å²) in [6.45, 7) is 3.17. The van der Waals surface area contributed by atoms with Gasteiger partial charge in [-0.05, 0) is 42.4 Å². The summed E-state index contributed by atoms with van der Waals surface area (Å²) in [5.41, 5.74) is 2.14. The minimum Gasteiger partial charge on any atom is -0.307 e. The minimum absolute atomic E-state index is 0.00962. The second-order valence-corrected chi connectivity index (χ2v) is 7.09. The maximum atomic E-state index is 14.1. The van der Waals surface area contributed by atoms with Crippen molar-refractivity contribution < 1.29 is 4.39 Å². The summed E-state index contributed by atoms with van der Waals surface area (Å²) in [7, 11) is 0. The molecule has 1 aliphatic rings. The molecule has 23 heavy (non-hydrogen) atoms. The molecule has 1 saturated carbocycles. The first kappa shape index (κ1) is 16.2. The Kier molecular flexibility index (Phi) is 5.12. The predicted octanol–water partition coefficient (Wildman–Crippen LogP) is 5.11. The van der Waals surface area contributed by atoms with Crippen LogP contribution in [-0.4, -0.2) is 5.54 Å². The Hall–Kier alpha value is -1.67. The fourth-order valence-corrected chi connectivity index (χ4v) is 3.94. The van der Waals surface area contributed by atoms with Gasteiger partial charge in [-0.1, -0.05) is 68.3 Å². The molecular weight excluding hydrogens is 285 g/mol. The molecule has 0 unspecified atom stereocenters. The molecule has 0 heterocycles. The van der Waals surface area contributed by atoms with Crippen LogP contribution in [0.2, 0.25) is 0 Å². The molecule has 0 amide bonds. The Balaban J connectivity index is 1.78. The van der Waals surface area contributed by atoms with Crippen molar-refractivity contribution in [3.63, 3.8) is 0 Å². The fraction of sp³-hybridized carbons (Fsp3) is 0.429. The second-order valence-electron chi connectivity index (χ2n) is 7.09. The number of rotatable bonds is 5. The topological polar surface area (TPSA) is 12.0 Å². The van der Waals surface area contributed by atoms with E-state index in [0.29, 0.717) is 5.92 Å². The number of halogens is 1. The molecule has 0 radical (unpaired) electrons. The lowest BCUT2D eigenvalue weighted by molar-refractivity contribution is 0.182. The number of nitrogens with one attached hydrogen (secondary N) is 1. The van der Waals surface area contributed by atoms with Crippen LogP contribution in [0.3, 0.4) is 0 Å². The van der Waals surface area contributed by atoms with Gasteiger partial charge in [-0.3, -0.25) is 0 Å². The van der Waals surface area contributed by atoms with Crippen LogP contribution in [0.4, 0.5) is 4.39 Å². The van der Waals surface area contributed by atoms with Crippen LogP contribution in [0, 0.1) is 11.7 Å². The van der Waals surface area contributed by atoms with Crippen LogP contribution in [0.5, 0.6) is 0 Å². The standard InChI is InChI=1S/C21H26FN/c1-17-8-7-13-21(14-17,15-19-11-5-6-12-20(19)22)23-16-18-9-3-2-4-10-18/h2-6,9-12,17,23H,7-8,13-16H2,1H3/t17-,21+/m1/s1. The van der Waals surface area contributed by atoms with Gasteiger partial charge in [-0.25, -0.2) is 4.39 Å². The Morgan fingerprint density at radius 2 is 1.83 bits per heavy atom. The van der Waals surface area contributed by atoms with Crippen molar-refractivity contribution in [3.8, 4) is 0 Å². The Morgan fingerprint density at radius 1 is 1.09 bits per heavy atom. The van der Waals surface area contributed by atoms with Gasteiger partial charge in [0.15, 0.2) is 0 Å². The highest BCUT2D eigenvalue weighted by Crippen LogP contribution is 2.35. The van der Waals surface area contributed by atoms with Gasteiger partial charge >= 0.3 is 0 Å². The van der Waals surface area contributed by atoms with E-state index in [2.05, 4.69) is 36.5 Å². The van der Waals surface area contributed by atoms with Crippen molar-refractivity contribution in [2.24, 2.45) is 5.92 Å². The largest absolute Gasteiger partial charge is 0.307 e. The molecule has 2 atom stereocenters. The number of hydrogen-bond acceptors (Lipinski definition) is 1. The molecule has 2 aromatic carbocycles. The summed E-state index contributed by atoms with van der Waals surface area (Å²) in [6.07, 6.45) is 5.52. The van der Waals surface area contributed by atoms with Crippen LogP contribution >= 0.6 is 0 Å². The fourth-order valence-electron chi connectivity index (χ4n) is 3.94. The first-order valence-corrected chi connectivity index (χ1v) is 8.69. The third-order valence-electron chi connectivity index (χ3n) is 5.09. The molecule has 0 saturated heterocycles. The molecule has 0 spiro atoms. The molecule has 1 aliphatic carbocycles. The molecule has 1 nitrogen and oxygen atoms in total. The van der Waals surface area contributed by atoms with Crippen molar-refractivity contribution >= 4 is 0 Å². The highest BCUT2D eigenvalue weighted by atomic mass is 19.1. The van der Waals surface area contributed by atoms with E-state index in [1.165, 1.54) is 18.4 Å². The summed E-state index contributed by atoms with van der Waals surface area (Å²) in [4.78, 5) is 0. The average Bonchev–Trinajstić information content (AvgIpc) is 2.56. The van der Waals surface area contributed by atoms with Gasteiger partial charge in [-0.15, -0.1) is 0 Å². The molecule has 0 bridgehead atoms. The van der Waals surface area contributed by atoms with Gasteiger partial charge < -0.3 is 5.32 Å². The molecule has 0 aliphatic heterocycles. The Bertz CT molecular complexity index is 625. The Morgan fingerprint density at radius 3 is 2.57 bits per heavy atom. The predicted molar refractivity (Wildman–Crippen MR) is 93.7 cm³/mol. The van der Waals surface area contributed by atoms with E-state index in [9.17, 15) is 4.39 Å². The molecule has 0 aromatic heterocycles. The highest BCUT2D eigenvalue weighted by molar-refractivity contribution is 5.21. The highest BCUT2D eigenvalue weighted by Gasteiger charge is 2.35. The van der Waals surface area contributed by atoms with E-state index < -0.39 is 0 Å². The van der Waals surface area contributed by atoms with Crippen molar-refractivity contribution in [1.29, 1.82) is 0 Å². The summed E-state index contributed by atoms with van der Waals surface area (Å²) < 4.78 is 14.1. The summed E-state index contributed by atoms with van der Waals surface area (Å²) in [5, 5.41) is 3.79. The smallest absolute Gasteiger partial charge is 0.126 e. The maximum Gasteiger partial charge on any atom is 0.126 e. The molecule has 1 N–H and O–H groups in total. The minimum atomic E-state index is -0.0772. The quantitative estimate of drug-likeness (QED) is 0.809. The second kappa shape index (κ2) is 7.27. The molecule has 3 rings (SSSR count). The van der Waals surface area contributed by atoms with Crippen LogP contribution in [0.25, 0.3) is 0 Å². The van der Waals surface area contributed by atoms with Crippen LogP contribution in [-0.2, 0) is 13.0 Å². The number of hydrogen-bond donors (Lipinski definition) is 1. The molecule has 122 valence electrons. The molecular formula is C21H26FN.